The molecule has 2 N–H and O–H groups in total. The van der Waals surface area contributed by atoms with Crippen molar-refractivity contribution in [2.24, 2.45) is 0 Å². The van der Waals surface area contributed by atoms with Crippen LogP contribution < -0.4 is 10.5 Å². The normalized spacial score (nSPS) is 17.6. The van der Waals surface area contributed by atoms with Crippen LogP contribution in [0.25, 0.3) is 0 Å². The van der Waals surface area contributed by atoms with Crippen LogP contribution in [0.2, 0.25) is 0 Å². The summed E-state index contributed by atoms with van der Waals surface area (Å²) in [5.41, 5.74) is 6.51. The summed E-state index contributed by atoms with van der Waals surface area (Å²) in [5, 5.41) is 0. The monoisotopic (exact) mass is 281 g/mol. The van der Waals surface area contributed by atoms with Gasteiger partial charge in [0.2, 0.25) is 0 Å². The second-order valence-electron chi connectivity index (χ2n) is 4.90. The van der Waals surface area contributed by atoms with Crippen LogP contribution in [0, 0.1) is 0 Å². The van der Waals surface area contributed by atoms with Crippen LogP contribution >= 0.6 is 11.8 Å². The molecule has 5 heteroatoms. The number of anilines is 1. The number of likely N-dealkylation sites (N-methyl/N-ethyl adjacent to an activating group) is 1. The fourth-order valence-corrected chi connectivity index (χ4v) is 3.18. The van der Waals surface area contributed by atoms with E-state index in [0.29, 0.717) is 0 Å². The molecule has 4 nitrogen and oxygen atoms in total. The predicted molar refractivity (Wildman–Crippen MR) is 82.1 cm³/mol. The molecular weight excluding hydrogens is 258 g/mol. The summed E-state index contributed by atoms with van der Waals surface area (Å²) in [6, 6.07) is 5.86. The zero-order valence-corrected chi connectivity index (χ0v) is 12.6. The van der Waals surface area contributed by atoms with Crippen molar-refractivity contribution >= 4 is 17.4 Å². The number of hydrogen-bond acceptors (Lipinski definition) is 5. The maximum atomic E-state index is 5.76. The molecule has 0 spiro atoms. The third-order valence-electron chi connectivity index (χ3n) is 3.45. The molecule has 1 aliphatic heterocycles. The zero-order chi connectivity index (χ0) is 13.7. The van der Waals surface area contributed by atoms with Gasteiger partial charge in [0.05, 0.1) is 7.11 Å². The van der Waals surface area contributed by atoms with E-state index in [1.165, 1.54) is 31.1 Å². The lowest BCUT2D eigenvalue weighted by atomic mass is 10.3. The van der Waals surface area contributed by atoms with Crippen LogP contribution in [0.3, 0.4) is 0 Å². The summed E-state index contributed by atoms with van der Waals surface area (Å²) < 4.78 is 5.36. The lowest BCUT2D eigenvalue weighted by molar-refractivity contribution is 0.161. The topological polar surface area (TPSA) is 41.7 Å². The maximum Gasteiger partial charge on any atom is 0.134 e. The Morgan fingerprint density at radius 3 is 2.68 bits per heavy atom. The van der Waals surface area contributed by atoms with E-state index in [1.54, 1.807) is 7.11 Å². The van der Waals surface area contributed by atoms with E-state index in [1.807, 2.05) is 30.0 Å². The van der Waals surface area contributed by atoms with Crippen molar-refractivity contribution in [3.8, 4) is 5.75 Å². The number of rotatable bonds is 5. The van der Waals surface area contributed by atoms with Gasteiger partial charge in [-0.15, -0.1) is 11.8 Å². The van der Waals surface area contributed by atoms with Crippen LogP contribution in [-0.2, 0) is 0 Å². The van der Waals surface area contributed by atoms with E-state index in [-0.39, 0.29) is 0 Å². The van der Waals surface area contributed by atoms with Gasteiger partial charge in [-0.1, -0.05) is 0 Å². The second kappa shape index (κ2) is 7.03. The number of nitrogen functional groups attached to an aromatic ring is 1. The number of nitrogens with two attached hydrogens (primary N) is 1. The SMILES string of the molecule is COc1cc(N)ccc1SCCN1CCN(C)CC1. The predicted octanol–water partition coefficient (Wildman–Crippen LogP) is 1.62. The average molecular weight is 281 g/mol. The fourth-order valence-electron chi connectivity index (χ4n) is 2.16. The average Bonchev–Trinajstić information content (AvgIpc) is 2.42. The minimum Gasteiger partial charge on any atom is -0.496 e. The van der Waals surface area contributed by atoms with E-state index in [2.05, 4.69) is 16.8 Å². The molecule has 2 rings (SSSR count). The third kappa shape index (κ3) is 4.30. The Kier molecular flexibility index (Phi) is 5.36. The Balaban J connectivity index is 1.79. The molecule has 19 heavy (non-hydrogen) atoms. The number of hydrogen-bond donors (Lipinski definition) is 1. The van der Waals surface area contributed by atoms with Gasteiger partial charge >= 0.3 is 0 Å². The van der Waals surface area contributed by atoms with Crippen LogP contribution in [0.5, 0.6) is 5.75 Å². The first-order valence-corrected chi connectivity index (χ1v) is 7.65. The molecule has 0 atom stereocenters. The molecule has 1 aromatic rings. The van der Waals surface area contributed by atoms with Crippen LogP contribution in [0.1, 0.15) is 0 Å². The second-order valence-corrected chi connectivity index (χ2v) is 6.04. The molecule has 0 amide bonds. The summed E-state index contributed by atoms with van der Waals surface area (Å²) in [6.45, 7) is 5.84. The molecule has 0 aliphatic carbocycles. The molecule has 1 aliphatic rings. The van der Waals surface area contributed by atoms with Crippen molar-refractivity contribution in [3.63, 3.8) is 0 Å². The first-order chi connectivity index (χ1) is 9.19. The number of benzene rings is 1. The van der Waals surface area contributed by atoms with Gasteiger partial charge in [-0.2, -0.15) is 0 Å². The highest BCUT2D eigenvalue weighted by molar-refractivity contribution is 7.99. The molecule has 0 unspecified atom stereocenters. The molecule has 106 valence electrons. The molecule has 0 bridgehead atoms. The fraction of sp³-hybridized carbons (Fsp3) is 0.571. The minimum atomic E-state index is 0.750. The van der Waals surface area contributed by atoms with E-state index in [0.717, 1.165) is 23.7 Å². The lowest BCUT2D eigenvalue weighted by Crippen LogP contribution is -2.45. The van der Waals surface area contributed by atoms with Crippen LogP contribution in [0.15, 0.2) is 23.1 Å². The zero-order valence-electron chi connectivity index (χ0n) is 11.8. The van der Waals surface area contributed by atoms with Crippen LogP contribution in [0.4, 0.5) is 5.69 Å². The standard InChI is InChI=1S/C14H23N3OS/c1-16-5-7-17(8-6-16)9-10-19-14-4-3-12(15)11-13(14)18-2/h3-4,11H,5-10,15H2,1-2H3. The van der Waals surface area contributed by atoms with Crippen molar-refractivity contribution in [2.75, 3.05) is 58.4 Å². The van der Waals surface area contributed by atoms with Gasteiger partial charge in [0, 0.05) is 55.1 Å². The van der Waals surface area contributed by atoms with Crippen molar-refractivity contribution in [1.82, 2.24) is 9.80 Å². The van der Waals surface area contributed by atoms with E-state index in [4.69, 9.17) is 10.5 Å². The minimum absolute atomic E-state index is 0.750. The van der Waals surface area contributed by atoms with Gasteiger partial charge in [-0.3, -0.25) is 4.90 Å². The summed E-state index contributed by atoms with van der Waals surface area (Å²) in [4.78, 5) is 6.08. The molecule has 0 radical (unpaired) electrons. The molecule has 0 aromatic heterocycles. The van der Waals surface area contributed by atoms with Gasteiger partial charge in [-0.25, -0.2) is 0 Å². The van der Waals surface area contributed by atoms with Gasteiger partial charge < -0.3 is 15.4 Å². The maximum absolute atomic E-state index is 5.76. The lowest BCUT2D eigenvalue weighted by Gasteiger charge is -2.32. The van der Waals surface area contributed by atoms with Crippen molar-refractivity contribution in [3.05, 3.63) is 18.2 Å². The highest BCUT2D eigenvalue weighted by Crippen LogP contribution is 2.30. The molecular formula is C14H23N3OS. The Hall–Kier alpha value is -0.910. The van der Waals surface area contributed by atoms with E-state index in [9.17, 15) is 0 Å². The number of methoxy groups -OCH3 is 1. The van der Waals surface area contributed by atoms with Gasteiger partial charge in [0.25, 0.3) is 0 Å². The first kappa shape index (κ1) is 14.5. The summed E-state index contributed by atoms with van der Waals surface area (Å²) in [6.07, 6.45) is 0. The number of nitrogens with zero attached hydrogens (tertiary/aromatic N) is 2. The number of thioether (sulfide) groups is 1. The number of piperazine rings is 1. The smallest absolute Gasteiger partial charge is 0.134 e. The van der Waals surface area contributed by atoms with E-state index >= 15 is 0 Å². The van der Waals surface area contributed by atoms with Crippen molar-refractivity contribution in [1.29, 1.82) is 0 Å². The highest BCUT2D eigenvalue weighted by Gasteiger charge is 2.13. The summed E-state index contributed by atoms with van der Waals surface area (Å²) in [5.74, 6) is 1.97. The largest absolute Gasteiger partial charge is 0.496 e. The van der Waals surface area contributed by atoms with E-state index < -0.39 is 0 Å². The van der Waals surface area contributed by atoms with Gasteiger partial charge in [-0.05, 0) is 19.2 Å². The van der Waals surface area contributed by atoms with Gasteiger partial charge in [0.1, 0.15) is 5.75 Å². The highest BCUT2D eigenvalue weighted by atomic mass is 32.2. The summed E-state index contributed by atoms with van der Waals surface area (Å²) >= 11 is 1.84. The van der Waals surface area contributed by atoms with Gasteiger partial charge in [0.15, 0.2) is 0 Å². The van der Waals surface area contributed by atoms with Crippen molar-refractivity contribution < 1.29 is 4.74 Å². The molecule has 1 aromatic carbocycles. The number of ether oxygens (including phenoxy) is 1. The molecule has 1 saturated heterocycles. The Morgan fingerprint density at radius 1 is 1.26 bits per heavy atom. The third-order valence-corrected chi connectivity index (χ3v) is 4.48. The molecule has 1 fully saturated rings. The Bertz CT molecular complexity index is 406. The first-order valence-electron chi connectivity index (χ1n) is 6.66. The molecule has 0 saturated carbocycles. The quantitative estimate of drug-likeness (QED) is 0.656. The van der Waals surface area contributed by atoms with Crippen LogP contribution in [-0.4, -0.2) is 62.4 Å². The Morgan fingerprint density at radius 2 is 2.00 bits per heavy atom. The van der Waals surface area contributed by atoms with Crippen molar-refractivity contribution in [2.45, 2.75) is 4.90 Å². The molecule has 1 heterocycles. The summed E-state index contributed by atoms with van der Waals surface area (Å²) in [7, 11) is 3.88. The Labute approximate surface area is 119 Å².